The molecule has 0 aliphatic carbocycles. The van der Waals surface area contributed by atoms with Crippen LogP contribution in [0.15, 0.2) is 0 Å². The fourth-order valence-electron chi connectivity index (χ4n) is 1.97. The molecule has 1 heterocycles. The highest BCUT2D eigenvalue weighted by atomic mass is 16.5. The van der Waals surface area contributed by atoms with Gasteiger partial charge in [-0.25, -0.2) is 0 Å². The van der Waals surface area contributed by atoms with Crippen LogP contribution in [-0.4, -0.2) is 55.9 Å². The van der Waals surface area contributed by atoms with E-state index in [0.717, 1.165) is 0 Å². The van der Waals surface area contributed by atoms with Crippen LogP contribution in [-0.2, 0) is 14.3 Å². The van der Waals surface area contributed by atoms with Gasteiger partial charge in [0.2, 0.25) is 5.91 Å². The van der Waals surface area contributed by atoms with Crippen molar-refractivity contribution in [1.82, 2.24) is 4.90 Å². The standard InChI is InChI=1S/C11H22N2O3/c1-8-6-13(7-9(2)16-8)11(14)4-10(5-12)15-3/h8-10H,4-7,12H2,1-3H3. The SMILES string of the molecule is COC(CN)CC(=O)N1CC(C)OC(C)C1. The van der Waals surface area contributed by atoms with Crippen LogP contribution in [0.1, 0.15) is 20.3 Å². The molecule has 0 radical (unpaired) electrons. The molecule has 3 unspecified atom stereocenters. The Morgan fingerprint density at radius 3 is 2.50 bits per heavy atom. The molecule has 0 saturated carbocycles. The van der Waals surface area contributed by atoms with E-state index in [4.69, 9.17) is 15.2 Å². The van der Waals surface area contributed by atoms with Crippen molar-refractivity contribution in [3.63, 3.8) is 0 Å². The largest absolute Gasteiger partial charge is 0.380 e. The summed E-state index contributed by atoms with van der Waals surface area (Å²) in [6, 6.07) is 0. The third-order valence-electron chi connectivity index (χ3n) is 2.77. The Kier molecular flexibility index (Phi) is 5.18. The van der Waals surface area contributed by atoms with Crippen molar-refractivity contribution in [3.8, 4) is 0 Å². The van der Waals surface area contributed by atoms with Gasteiger partial charge in [-0.1, -0.05) is 0 Å². The van der Waals surface area contributed by atoms with Crippen LogP contribution in [0.5, 0.6) is 0 Å². The van der Waals surface area contributed by atoms with Crippen LogP contribution in [0.3, 0.4) is 0 Å². The Balaban J connectivity index is 2.46. The van der Waals surface area contributed by atoms with Gasteiger partial charge in [-0.3, -0.25) is 4.79 Å². The smallest absolute Gasteiger partial charge is 0.225 e. The molecular weight excluding hydrogens is 208 g/mol. The number of nitrogens with zero attached hydrogens (tertiary/aromatic N) is 1. The molecule has 0 bridgehead atoms. The number of carbonyl (C=O) groups is 1. The molecule has 0 aromatic rings. The lowest BCUT2D eigenvalue weighted by molar-refractivity contribution is -0.145. The molecule has 3 atom stereocenters. The molecule has 0 spiro atoms. The van der Waals surface area contributed by atoms with Crippen LogP contribution in [0.2, 0.25) is 0 Å². The highest BCUT2D eigenvalue weighted by molar-refractivity contribution is 5.76. The normalized spacial score (nSPS) is 27.9. The molecule has 1 aliphatic heterocycles. The zero-order chi connectivity index (χ0) is 12.1. The fourth-order valence-corrected chi connectivity index (χ4v) is 1.97. The molecular formula is C11H22N2O3. The predicted molar refractivity (Wildman–Crippen MR) is 61.1 cm³/mol. The van der Waals surface area contributed by atoms with E-state index in [1.807, 2.05) is 18.7 Å². The number of morpholine rings is 1. The molecule has 5 nitrogen and oxygen atoms in total. The third-order valence-corrected chi connectivity index (χ3v) is 2.77. The van der Waals surface area contributed by atoms with Crippen LogP contribution in [0.25, 0.3) is 0 Å². The van der Waals surface area contributed by atoms with E-state index in [1.54, 1.807) is 7.11 Å². The van der Waals surface area contributed by atoms with Gasteiger partial charge in [-0.15, -0.1) is 0 Å². The maximum atomic E-state index is 12.0. The highest BCUT2D eigenvalue weighted by Crippen LogP contribution is 2.12. The topological polar surface area (TPSA) is 64.8 Å². The molecule has 1 fully saturated rings. The summed E-state index contributed by atoms with van der Waals surface area (Å²) >= 11 is 0. The summed E-state index contributed by atoms with van der Waals surface area (Å²) < 4.78 is 10.7. The van der Waals surface area contributed by atoms with Crippen LogP contribution < -0.4 is 5.73 Å². The maximum Gasteiger partial charge on any atom is 0.225 e. The number of rotatable bonds is 4. The van der Waals surface area contributed by atoms with Crippen LogP contribution in [0.4, 0.5) is 0 Å². The van der Waals surface area contributed by atoms with E-state index in [2.05, 4.69) is 0 Å². The Hall–Kier alpha value is -0.650. The monoisotopic (exact) mass is 230 g/mol. The molecule has 2 N–H and O–H groups in total. The van der Waals surface area contributed by atoms with Crippen molar-refractivity contribution in [2.75, 3.05) is 26.7 Å². The van der Waals surface area contributed by atoms with E-state index in [0.29, 0.717) is 26.1 Å². The minimum Gasteiger partial charge on any atom is -0.380 e. The second kappa shape index (κ2) is 6.18. The summed E-state index contributed by atoms with van der Waals surface area (Å²) in [6.07, 6.45) is 0.381. The molecule has 16 heavy (non-hydrogen) atoms. The van der Waals surface area contributed by atoms with E-state index < -0.39 is 0 Å². The Morgan fingerprint density at radius 2 is 2.06 bits per heavy atom. The summed E-state index contributed by atoms with van der Waals surface area (Å²) in [5.74, 6) is 0.0966. The number of ether oxygens (including phenoxy) is 2. The second-order valence-corrected chi connectivity index (χ2v) is 4.35. The van der Waals surface area contributed by atoms with E-state index in [-0.39, 0.29) is 24.2 Å². The van der Waals surface area contributed by atoms with Crippen molar-refractivity contribution < 1.29 is 14.3 Å². The first-order valence-corrected chi connectivity index (χ1v) is 5.73. The van der Waals surface area contributed by atoms with Gasteiger partial charge in [0.05, 0.1) is 24.7 Å². The summed E-state index contributed by atoms with van der Waals surface area (Å²) in [6.45, 7) is 5.64. The first-order valence-electron chi connectivity index (χ1n) is 5.73. The number of hydrogen-bond acceptors (Lipinski definition) is 4. The molecule has 0 aromatic heterocycles. The first kappa shape index (κ1) is 13.4. The van der Waals surface area contributed by atoms with Gasteiger partial charge in [0.1, 0.15) is 0 Å². The molecule has 0 aromatic carbocycles. The van der Waals surface area contributed by atoms with E-state index in [9.17, 15) is 4.79 Å². The fraction of sp³-hybridized carbons (Fsp3) is 0.909. The average Bonchev–Trinajstić information content (AvgIpc) is 2.24. The van der Waals surface area contributed by atoms with Gasteiger partial charge in [0, 0.05) is 26.7 Å². The number of carbonyl (C=O) groups excluding carboxylic acids is 1. The third kappa shape index (κ3) is 3.73. The van der Waals surface area contributed by atoms with Gasteiger partial charge in [0.15, 0.2) is 0 Å². The van der Waals surface area contributed by atoms with Gasteiger partial charge < -0.3 is 20.1 Å². The second-order valence-electron chi connectivity index (χ2n) is 4.35. The average molecular weight is 230 g/mol. The van der Waals surface area contributed by atoms with Gasteiger partial charge in [-0.05, 0) is 13.8 Å². The molecule has 1 amide bonds. The van der Waals surface area contributed by atoms with Gasteiger partial charge in [0.25, 0.3) is 0 Å². The number of hydrogen-bond donors (Lipinski definition) is 1. The predicted octanol–water partition coefficient (Wildman–Crippen LogP) is -0.0140. The van der Waals surface area contributed by atoms with Crippen molar-refractivity contribution in [2.24, 2.45) is 5.73 Å². The maximum absolute atomic E-state index is 12.0. The Morgan fingerprint density at radius 1 is 1.50 bits per heavy atom. The summed E-state index contributed by atoms with van der Waals surface area (Å²) in [5, 5.41) is 0. The summed E-state index contributed by atoms with van der Waals surface area (Å²) in [5.41, 5.74) is 5.50. The lowest BCUT2D eigenvalue weighted by Gasteiger charge is -2.35. The Bertz CT molecular complexity index is 221. The van der Waals surface area contributed by atoms with Gasteiger partial charge >= 0.3 is 0 Å². The van der Waals surface area contributed by atoms with E-state index in [1.165, 1.54) is 0 Å². The number of methoxy groups -OCH3 is 1. The summed E-state index contributed by atoms with van der Waals surface area (Å²) in [4.78, 5) is 13.8. The Labute approximate surface area is 96.9 Å². The first-order chi connectivity index (χ1) is 7.56. The molecule has 1 rings (SSSR count). The molecule has 1 aliphatic rings. The zero-order valence-corrected chi connectivity index (χ0v) is 10.3. The van der Waals surface area contributed by atoms with E-state index >= 15 is 0 Å². The van der Waals surface area contributed by atoms with Crippen LogP contribution >= 0.6 is 0 Å². The quantitative estimate of drug-likeness (QED) is 0.737. The lowest BCUT2D eigenvalue weighted by atomic mass is 10.2. The minimum atomic E-state index is -0.180. The van der Waals surface area contributed by atoms with Crippen molar-refractivity contribution in [3.05, 3.63) is 0 Å². The van der Waals surface area contributed by atoms with Crippen molar-refractivity contribution in [1.29, 1.82) is 0 Å². The molecule has 5 heteroatoms. The lowest BCUT2D eigenvalue weighted by Crippen LogP contribution is -2.49. The zero-order valence-electron chi connectivity index (χ0n) is 10.3. The van der Waals surface area contributed by atoms with Crippen LogP contribution in [0, 0.1) is 0 Å². The molecule has 1 saturated heterocycles. The highest BCUT2D eigenvalue weighted by Gasteiger charge is 2.26. The van der Waals surface area contributed by atoms with Crippen molar-refractivity contribution in [2.45, 2.75) is 38.6 Å². The van der Waals surface area contributed by atoms with Gasteiger partial charge in [-0.2, -0.15) is 0 Å². The summed E-state index contributed by atoms with van der Waals surface area (Å²) in [7, 11) is 1.58. The number of nitrogens with two attached hydrogens (primary N) is 1. The number of amides is 1. The minimum absolute atomic E-state index is 0.0966. The molecule has 94 valence electrons. The van der Waals surface area contributed by atoms with Crippen molar-refractivity contribution >= 4 is 5.91 Å².